The standard InChI is InChI=1S/C38H69N7O2/c1-26(2)9-6-10-27(3)31-13-14-32-30-12-11-28-25-29(15-18-37(28,4)33(30)16-19-38(31,32)5)47-34(46)17-24-45(22-7-20-43-35(39)40)23-8-21-44-36(41)42/h11,26-27,29-33H,6-10,12-25H2,1-5H3,(H4,39,40,43)(H4,41,42,44)/t27-,29+,30?,31-,32+,33+,37+,38-/m1/s1. The lowest BCUT2D eigenvalue weighted by Crippen LogP contribution is -2.51. The van der Waals surface area contributed by atoms with Crippen molar-refractivity contribution in [2.45, 2.75) is 131 Å². The maximum Gasteiger partial charge on any atom is 0.307 e. The summed E-state index contributed by atoms with van der Waals surface area (Å²) in [6.07, 6.45) is 18.6. The molecule has 0 saturated heterocycles. The summed E-state index contributed by atoms with van der Waals surface area (Å²) in [5.41, 5.74) is 24.2. The summed E-state index contributed by atoms with van der Waals surface area (Å²) in [6, 6.07) is 0. The summed E-state index contributed by atoms with van der Waals surface area (Å²) in [5.74, 6) is 5.12. The lowest BCUT2D eigenvalue weighted by molar-refractivity contribution is -0.152. The van der Waals surface area contributed by atoms with Gasteiger partial charge in [0.25, 0.3) is 0 Å². The fraction of sp³-hybridized carbons (Fsp3) is 0.868. The number of aliphatic imine (C=N–C) groups is 2. The zero-order valence-electron chi connectivity index (χ0n) is 30.5. The highest BCUT2D eigenvalue weighted by Gasteiger charge is 2.59. The maximum atomic E-state index is 13.1. The Bertz CT molecular complexity index is 1090. The number of rotatable bonds is 17. The molecule has 4 aliphatic carbocycles. The van der Waals surface area contributed by atoms with Crippen molar-refractivity contribution in [1.82, 2.24) is 4.90 Å². The molecule has 8 atom stereocenters. The Labute approximate surface area is 286 Å². The van der Waals surface area contributed by atoms with Gasteiger partial charge < -0.3 is 32.6 Å². The predicted octanol–water partition coefficient (Wildman–Crippen LogP) is 5.96. The summed E-state index contributed by atoms with van der Waals surface area (Å²) in [4.78, 5) is 23.5. The lowest BCUT2D eigenvalue weighted by Gasteiger charge is -2.58. The molecule has 0 amide bonds. The van der Waals surface area contributed by atoms with Crippen LogP contribution in [0.25, 0.3) is 0 Å². The van der Waals surface area contributed by atoms with Gasteiger partial charge in [-0.1, -0.05) is 65.5 Å². The number of carbonyl (C=O) groups is 1. The Morgan fingerprint density at radius 2 is 1.57 bits per heavy atom. The zero-order valence-corrected chi connectivity index (χ0v) is 30.5. The topological polar surface area (TPSA) is 158 Å². The highest BCUT2D eigenvalue weighted by Crippen LogP contribution is 2.67. The van der Waals surface area contributed by atoms with Crippen LogP contribution in [0.1, 0.15) is 125 Å². The number of hydrogen-bond donors (Lipinski definition) is 4. The summed E-state index contributed by atoms with van der Waals surface area (Å²) in [6.45, 7) is 15.9. The Morgan fingerprint density at radius 3 is 2.21 bits per heavy atom. The van der Waals surface area contributed by atoms with E-state index >= 15 is 0 Å². The van der Waals surface area contributed by atoms with Gasteiger partial charge in [-0.05, 0) is 117 Å². The van der Waals surface area contributed by atoms with Crippen molar-refractivity contribution in [3.05, 3.63) is 11.6 Å². The Kier molecular flexibility index (Phi) is 13.5. The van der Waals surface area contributed by atoms with Crippen molar-refractivity contribution in [1.29, 1.82) is 0 Å². The third kappa shape index (κ3) is 9.66. The zero-order chi connectivity index (χ0) is 34.2. The van der Waals surface area contributed by atoms with Crippen LogP contribution in [0.4, 0.5) is 0 Å². The Balaban J connectivity index is 1.29. The van der Waals surface area contributed by atoms with Crippen LogP contribution in [0.5, 0.6) is 0 Å². The number of esters is 1. The second-order valence-corrected chi connectivity index (χ2v) is 16.6. The van der Waals surface area contributed by atoms with Crippen molar-refractivity contribution in [3.8, 4) is 0 Å². The van der Waals surface area contributed by atoms with Crippen LogP contribution < -0.4 is 22.9 Å². The van der Waals surface area contributed by atoms with Crippen LogP contribution >= 0.6 is 0 Å². The van der Waals surface area contributed by atoms with Gasteiger partial charge in [0.2, 0.25) is 0 Å². The minimum atomic E-state index is -0.0979. The fourth-order valence-electron chi connectivity index (χ4n) is 10.6. The first-order valence-electron chi connectivity index (χ1n) is 19.1. The molecular formula is C38H69N7O2. The predicted molar refractivity (Wildman–Crippen MR) is 195 cm³/mol. The summed E-state index contributed by atoms with van der Waals surface area (Å²) in [5, 5.41) is 0. The smallest absolute Gasteiger partial charge is 0.307 e. The molecule has 4 aliphatic rings. The van der Waals surface area contributed by atoms with Gasteiger partial charge in [-0.3, -0.25) is 14.8 Å². The first kappa shape index (κ1) is 37.5. The van der Waals surface area contributed by atoms with Gasteiger partial charge in [0.05, 0.1) is 6.42 Å². The molecule has 0 aliphatic heterocycles. The minimum Gasteiger partial charge on any atom is -0.462 e. The molecule has 268 valence electrons. The third-order valence-electron chi connectivity index (χ3n) is 13.0. The number of fused-ring (bicyclic) bond motifs is 5. The number of nitrogens with zero attached hydrogens (tertiary/aromatic N) is 3. The van der Waals surface area contributed by atoms with E-state index in [9.17, 15) is 4.79 Å². The Morgan fingerprint density at radius 1 is 0.894 bits per heavy atom. The average Bonchev–Trinajstić information content (AvgIpc) is 3.36. The number of allylic oxidation sites excluding steroid dienone is 1. The van der Waals surface area contributed by atoms with Crippen LogP contribution in [0.2, 0.25) is 0 Å². The molecule has 9 heteroatoms. The molecule has 0 heterocycles. The van der Waals surface area contributed by atoms with E-state index in [1.165, 1.54) is 51.4 Å². The average molecular weight is 656 g/mol. The number of guanidine groups is 2. The van der Waals surface area contributed by atoms with E-state index in [2.05, 4.69) is 55.6 Å². The normalized spacial score (nSPS) is 32.1. The molecule has 0 aromatic rings. The minimum absolute atomic E-state index is 0.00744. The summed E-state index contributed by atoms with van der Waals surface area (Å²) >= 11 is 0. The van der Waals surface area contributed by atoms with Gasteiger partial charge in [-0.2, -0.15) is 0 Å². The molecular weight excluding hydrogens is 586 g/mol. The fourth-order valence-corrected chi connectivity index (χ4v) is 10.6. The number of hydrogen-bond acceptors (Lipinski definition) is 5. The lowest BCUT2D eigenvalue weighted by atomic mass is 9.47. The first-order valence-corrected chi connectivity index (χ1v) is 19.1. The van der Waals surface area contributed by atoms with Crippen LogP contribution in [0, 0.1) is 46.3 Å². The van der Waals surface area contributed by atoms with E-state index in [-0.39, 0.29) is 29.4 Å². The second kappa shape index (κ2) is 16.9. The van der Waals surface area contributed by atoms with E-state index in [0.29, 0.717) is 31.5 Å². The van der Waals surface area contributed by atoms with Gasteiger partial charge in [0.1, 0.15) is 6.10 Å². The molecule has 0 bridgehead atoms. The van der Waals surface area contributed by atoms with E-state index < -0.39 is 0 Å². The van der Waals surface area contributed by atoms with Gasteiger partial charge in [0.15, 0.2) is 11.9 Å². The Hall–Kier alpha value is -2.29. The van der Waals surface area contributed by atoms with E-state index in [4.69, 9.17) is 27.7 Å². The molecule has 9 nitrogen and oxygen atoms in total. The molecule has 8 N–H and O–H groups in total. The number of carbonyl (C=O) groups excluding carboxylic acids is 1. The van der Waals surface area contributed by atoms with Crippen molar-refractivity contribution in [3.63, 3.8) is 0 Å². The molecule has 0 aromatic carbocycles. The van der Waals surface area contributed by atoms with Gasteiger partial charge in [-0.15, -0.1) is 0 Å². The molecule has 0 radical (unpaired) electrons. The van der Waals surface area contributed by atoms with Crippen molar-refractivity contribution < 1.29 is 9.53 Å². The van der Waals surface area contributed by atoms with Gasteiger partial charge in [0, 0.05) is 26.1 Å². The van der Waals surface area contributed by atoms with Crippen molar-refractivity contribution in [2.24, 2.45) is 79.3 Å². The van der Waals surface area contributed by atoms with E-state index in [0.717, 1.165) is 80.7 Å². The summed E-state index contributed by atoms with van der Waals surface area (Å²) in [7, 11) is 0. The quantitative estimate of drug-likeness (QED) is 0.0495. The van der Waals surface area contributed by atoms with Crippen LogP contribution in [0.15, 0.2) is 21.6 Å². The molecule has 1 unspecified atom stereocenters. The van der Waals surface area contributed by atoms with Crippen molar-refractivity contribution >= 4 is 17.9 Å². The largest absolute Gasteiger partial charge is 0.462 e. The molecule has 47 heavy (non-hydrogen) atoms. The van der Waals surface area contributed by atoms with Crippen molar-refractivity contribution in [2.75, 3.05) is 32.7 Å². The number of ether oxygens (including phenoxy) is 1. The number of nitrogens with two attached hydrogens (primary N) is 4. The van der Waals surface area contributed by atoms with Crippen LogP contribution in [-0.2, 0) is 9.53 Å². The molecule has 0 aromatic heterocycles. The molecule has 3 saturated carbocycles. The molecule has 0 spiro atoms. The van der Waals surface area contributed by atoms with E-state index in [1.54, 1.807) is 5.57 Å². The second-order valence-electron chi connectivity index (χ2n) is 16.6. The monoisotopic (exact) mass is 656 g/mol. The van der Waals surface area contributed by atoms with Crippen LogP contribution in [-0.4, -0.2) is 61.6 Å². The van der Waals surface area contributed by atoms with Gasteiger partial charge in [-0.25, -0.2) is 0 Å². The SMILES string of the molecule is CC(C)CCC[C@@H](C)[C@H]1CC[C@H]2C3CC=C4C[C@@H](OC(=O)CCN(CCCN=C(N)N)CCCN=C(N)N)CC[C@]4(C)[C@H]3CC[C@]12C. The summed E-state index contributed by atoms with van der Waals surface area (Å²) < 4.78 is 6.14. The maximum absolute atomic E-state index is 13.1. The molecule has 3 fully saturated rings. The third-order valence-corrected chi connectivity index (χ3v) is 13.0. The van der Waals surface area contributed by atoms with E-state index in [1.807, 2.05) is 0 Å². The van der Waals surface area contributed by atoms with Gasteiger partial charge >= 0.3 is 5.97 Å². The first-order chi connectivity index (χ1) is 22.3. The molecule has 4 rings (SSSR count). The highest BCUT2D eigenvalue weighted by atomic mass is 16.5. The highest BCUT2D eigenvalue weighted by molar-refractivity contribution is 5.75. The van der Waals surface area contributed by atoms with Crippen LogP contribution in [0.3, 0.4) is 0 Å².